The predicted molar refractivity (Wildman–Crippen MR) is 553 cm³/mol. The molecule has 17 aromatic carbocycles. The molecule has 127 heavy (non-hydrogen) atoms. The summed E-state index contributed by atoms with van der Waals surface area (Å²) >= 11 is 24.8. The van der Waals surface area contributed by atoms with Crippen molar-refractivity contribution in [2.75, 3.05) is 7.15 Å². The van der Waals surface area contributed by atoms with Crippen LogP contribution < -0.4 is 0 Å². The van der Waals surface area contributed by atoms with Gasteiger partial charge in [-0.05, 0) is 247 Å². The standard InChI is InChI=1S/C36H18Br4N2O.C36H22N2O.C13H10.C12H6Br2O.C11H9N.CH3F.BHNS/c37-19-1-7-31-25(13-19)26-14-20(38)2-8-32(26)41(31)23-5-11-35-29(17-23)30-18-24(6-12-36(30)43-35)42-33-9-3-21(39)15-27(33)28-16-22(40)4-10-34(28)42;1-5-13-31-25(9-1)26-10-2-6-14-32(26)37(31)23-17-19-35-29(21-23)30-22-24(18-20-36(30)39-35)38-33-15-7-3-11-27(33)28-12-4-8-16-34(28)38;1-3-7-12-10(5-1)9-11-6-2-4-8-13(11)12;13-7-1-3-11-9(5-7)10-6-8(14)2-4-12(10)15-11;1-2-6-10(7-3-1)11-8-4-5-9-12-11;1-2;1-2-3/h1-18H;1-22H;1-8H,9H2;1-6H;1-9H;1H3;3H/i;;;;;1D;. The average Bonchev–Trinajstić information content (AvgIpc) is 1.58. The molecule has 26 rings (SSSR count). The van der Waals surface area contributed by atoms with Crippen molar-refractivity contribution in [3.05, 3.63) is 420 Å². The smallest absolute Gasteiger partial charge is 0.135 e. The molecule has 18 heteroatoms. The maximum atomic E-state index is 9.96. The summed E-state index contributed by atoms with van der Waals surface area (Å²) in [7, 11) is 3.34. The van der Waals surface area contributed by atoms with E-state index in [-0.39, 0.29) is 0 Å². The van der Waals surface area contributed by atoms with Gasteiger partial charge in [0.2, 0.25) is 0 Å². The summed E-state index contributed by atoms with van der Waals surface area (Å²) in [5.41, 5.74) is 27.2. The third-order valence-electron chi connectivity index (χ3n) is 23.3. The van der Waals surface area contributed by atoms with E-state index in [2.05, 4.69) is 459 Å². The van der Waals surface area contributed by atoms with Crippen LogP contribution in [-0.2, 0) is 6.42 Å². The zero-order valence-corrected chi connectivity index (χ0v) is 77.8. The van der Waals surface area contributed by atoms with Crippen LogP contribution in [0.1, 0.15) is 12.5 Å². The van der Waals surface area contributed by atoms with E-state index < -0.39 is 7.15 Å². The first-order valence-electron chi connectivity index (χ1n) is 41.5. The number of benzene rings is 17. The van der Waals surface area contributed by atoms with Crippen LogP contribution >= 0.6 is 108 Å². The van der Waals surface area contributed by atoms with Gasteiger partial charge in [0.05, 0.1) is 58.4 Å². The molecule has 0 bridgehead atoms. The minimum atomic E-state index is -1.00. The number of hydrogen-bond acceptors (Lipinski definition) is 6. The Morgan fingerprint density at radius 1 is 0.291 bits per heavy atom. The van der Waals surface area contributed by atoms with Crippen LogP contribution in [0.4, 0.5) is 4.39 Å². The van der Waals surface area contributed by atoms with Gasteiger partial charge >= 0.3 is 24.8 Å². The Morgan fingerprint density at radius 3 is 0.843 bits per heavy atom. The van der Waals surface area contributed by atoms with Crippen molar-refractivity contribution in [2.24, 2.45) is 4.30 Å². The molecule has 8 aromatic heterocycles. The molecule has 0 saturated carbocycles. The van der Waals surface area contributed by atoms with Crippen LogP contribution in [0.3, 0.4) is 0 Å². The number of para-hydroxylation sites is 4. The topological polar surface area (TPSA) is 84.4 Å². The number of thiol groups is 1. The van der Waals surface area contributed by atoms with Crippen molar-refractivity contribution in [1.29, 1.82) is 0 Å². The molecule has 0 amide bonds. The van der Waals surface area contributed by atoms with Crippen molar-refractivity contribution >= 4 is 269 Å². The Hall–Kier alpha value is -12.5. The van der Waals surface area contributed by atoms with Crippen LogP contribution in [0, 0.1) is 0 Å². The van der Waals surface area contributed by atoms with Gasteiger partial charge in [-0.2, -0.15) is 0 Å². The second kappa shape index (κ2) is 35.7. The normalized spacial score (nSPS) is 11.6. The summed E-state index contributed by atoms with van der Waals surface area (Å²) < 4.78 is 52.4. The maximum Gasteiger partial charge on any atom is 0.135 e. The van der Waals surface area contributed by atoms with Crippen LogP contribution in [0.15, 0.2) is 427 Å². The molecular formula is C109H69BBr6FN6O3S. The van der Waals surface area contributed by atoms with Crippen molar-refractivity contribution < 1.29 is 19.0 Å². The number of furan rings is 3. The number of halogens is 7. The molecular weight excluding hydrogens is 1980 g/mol. The zero-order valence-electron chi connectivity index (χ0n) is 68.4. The first-order chi connectivity index (χ1) is 62.8. The predicted octanol–water partition coefficient (Wildman–Crippen LogP) is 34.5. The van der Waals surface area contributed by atoms with Gasteiger partial charge in [0.25, 0.3) is 0 Å². The number of fused-ring (bicyclic) bond motifs is 24. The van der Waals surface area contributed by atoms with E-state index >= 15 is 0 Å². The van der Waals surface area contributed by atoms with Gasteiger partial charge < -0.3 is 31.5 Å². The first-order valence-corrected chi connectivity index (χ1v) is 45.9. The number of pyridine rings is 1. The summed E-state index contributed by atoms with van der Waals surface area (Å²) in [4.78, 5) is 4.25. The molecule has 25 aromatic rings. The molecule has 611 valence electrons. The Balaban J connectivity index is 0.000000109. The van der Waals surface area contributed by atoms with Gasteiger partial charge in [0.1, 0.15) is 33.5 Å². The molecule has 0 unspecified atom stereocenters. The fraction of sp³-hybridized carbons (Fsp3) is 0.0183. The molecule has 1 aliphatic carbocycles. The molecule has 0 N–H and O–H groups in total. The number of nitrogens with zero attached hydrogens (tertiary/aromatic N) is 6. The summed E-state index contributed by atoms with van der Waals surface area (Å²) in [5.74, 6) is 0. The van der Waals surface area contributed by atoms with Crippen molar-refractivity contribution in [1.82, 2.24) is 23.3 Å². The quantitative estimate of drug-likeness (QED) is 0.137. The zero-order chi connectivity index (χ0) is 87.2. The van der Waals surface area contributed by atoms with E-state index in [1.165, 1.54) is 87.4 Å². The Bertz CT molecular complexity index is 7890. The second-order valence-corrected chi connectivity index (χ2v) is 36.3. The van der Waals surface area contributed by atoms with Gasteiger partial charge in [-0.25, -0.2) is 0 Å². The number of hydrogen-bond donors (Lipinski definition) is 1. The monoisotopic (exact) mass is 2050 g/mol. The van der Waals surface area contributed by atoms with E-state index in [1.54, 1.807) is 0 Å². The van der Waals surface area contributed by atoms with E-state index in [9.17, 15) is 4.39 Å². The van der Waals surface area contributed by atoms with Gasteiger partial charge in [-0.3, -0.25) is 9.37 Å². The third-order valence-corrected chi connectivity index (χ3v) is 26.2. The summed E-state index contributed by atoms with van der Waals surface area (Å²) in [6.07, 6.45) is 2.91. The van der Waals surface area contributed by atoms with Crippen molar-refractivity contribution in [3.63, 3.8) is 0 Å². The Kier molecular flexibility index (Phi) is 23.0. The molecule has 0 saturated heterocycles. The first kappa shape index (κ1) is 81.6. The van der Waals surface area contributed by atoms with E-state index in [4.69, 9.17) is 14.6 Å². The van der Waals surface area contributed by atoms with Crippen molar-refractivity contribution in [3.8, 4) is 45.1 Å². The molecule has 1 radical (unpaired) electrons. The van der Waals surface area contributed by atoms with Crippen molar-refractivity contribution in [2.45, 2.75) is 6.42 Å². The minimum absolute atomic E-state index is 0.872. The van der Waals surface area contributed by atoms with Crippen LogP contribution in [0.25, 0.3) is 198 Å². The molecule has 0 spiro atoms. The summed E-state index contributed by atoms with van der Waals surface area (Å²) in [6.45, 7) is 0. The van der Waals surface area contributed by atoms with E-state index in [1.807, 2.05) is 66.9 Å². The molecule has 0 atom stereocenters. The van der Waals surface area contributed by atoms with Crippen LogP contribution in [0.5, 0.6) is 0 Å². The van der Waals surface area contributed by atoms with Gasteiger partial charge in [-0.15, -0.1) is 0 Å². The number of alkyl halides is 1. The third kappa shape index (κ3) is 15.7. The van der Waals surface area contributed by atoms with Crippen LogP contribution in [-0.4, -0.2) is 38.0 Å². The molecule has 8 heterocycles. The largest absolute Gasteiger partial charge is 0.456 e. The van der Waals surface area contributed by atoms with Gasteiger partial charge in [0.15, 0.2) is 0 Å². The van der Waals surface area contributed by atoms with Gasteiger partial charge in [0, 0.05) is 137 Å². The fourth-order valence-corrected chi connectivity index (χ4v) is 20.1. The SMILES string of the molecule is Brc1ccc2c(c1)c1cc(Br)ccc1n2-c1ccc2oc3ccc(-n4c5ccc(Br)cc5c5cc(Br)ccc54)cc3c2c1.Brc1ccc2oc3ccc(Br)cc3c2c1.[2H]CF.[B]=NS.c1ccc(-c2ccccn2)cc1.c1ccc2c(c1)Cc1ccccc1-2.c1ccc2c(c1)c1ccccc1n2-c1ccc2oc3ccc(-n4c5ccccc5c5ccccc54)cc3c2c1. The fourth-order valence-electron chi connectivity index (χ4n) is 17.9. The maximum absolute atomic E-state index is 9.96. The van der Waals surface area contributed by atoms with Gasteiger partial charge in [-0.1, -0.05) is 253 Å². The Morgan fingerprint density at radius 2 is 0.535 bits per heavy atom. The average molecular weight is 2050 g/mol. The number of rotatable bonds is 5. The molecule has 1 aliphatic rings. The Labute approximate surface area is 787 Å². The molecule has 0 fully saturated rings. The molecule has 9 nitrogen and oxygen atoms in total. The van der Waals surface area contributed by atoms with Crippen LogP contribution in [0.2, 0.25) is 0 Å². The summed E-state index contributed by atoms with van der Waals surface area (Å²) in [5, 5.41) is 16.6. The number of aromatic nitrogens is 5. The minimum Gasteiger partial charge on any atom is -0.456 e. The summed E-state index contributed by atoms with van der Waals surface area (Å²) in [6, 6.07) is 132. The molecule has 0 aliphatic heterocycles. The second-order valence-electron chi connectivity index (χ2n) is 30.6. The van der Waals surface area contributed by atoms with E-state index in [0.717, 1.165) is 155 Å². The van der Waals surface area contributed by atoms with E-state index in [0.29, 0.717) is 0 Å².